The second-order valence-electron chi connectivity index (χ2n) is 5.72. The summed E-state index contributed by atoms with van der Waals surface area (Å²) in [6.07, 6.45) is 0.965. The molecule has 1 fully saturated rings. The summed E-state index contributed by atoms with van der Waals surface area (Å²) in [5.74, 6) is 0.469. The molecule has 0 aromatic heterocycles. The third-order valence-electron chi connectivity index (χ3n) is 4.10. The van der Waals surface area contributed by atoms with Crippen molar-refractivity contribution in [2.45, 2.75) is 18.9 Å². The van der Waals surface area contributed by atoms with Crippen molar-refractivity contribution < 1.29 is 14.3 Å². The smallest absolute Gasteiger partial charge is 0.251 e. The number of methoxy groups -OCH3 is 1. The fourth-order valence-corrected chi connectivity index (χ4v) is 2.86. The van der Waals surface area contributed by atoms with Crippen molar-refractivity contribution in [2.75, 3.05) is 18.6 Å². The number of para-hydroxylation sites is 1. The number of hydrogen-bond acceptors (Lipinski definition) is 4. The molecule has 0 unspecified atom stereocenters. The van der Waals surface area contributed by atoms with Gasteiger partial charge in [-0.25, -0.2) is 4.90 Å². The molecule has 0 radical (unpaired) electrons. The molecule has 0 spiro atoms. The summed E-state index contributed by atoms with van der Waals surface area (Å²) in [5.41, 5.74) is 1.75. The van der Waals surface area contributed by atoms with Crippen LogP contribution in [0.15, 0.2) is 54.6 Å². The first-order valence-electron chi connectivity index (χ1n) is 7.97. The van der Waals surface area contributed by atoms with Gasteiger partial charge in [0.2, 0.25) is 5.91 Å². The van der Waals surface area contributed by atoms with Gasteiger partial charge in [-0.1, -0.05) is 30.3 Å². The SMILES string of the molecule is COc1cccc(CCN[C@H]2CC(=O)N(c3ccccc3)C2=O)c1. The van der Waals surface area contributed by atoms with E-state index in [1.165, 1.54) is 4.90 Å². The van der Waals surface area contributed by atoms with Gasteiger partial charge >= 0.3 is 0 Å². The van der Waals surface area contributed by atoms with E-state index in [0.717, 1.165) is 17.7 Å². The number of benzene rings is 2. The predicted octanol–water partition coefficient (Wildman–Crippen LogP) is 2.16. The van der Waals surface area contributed by atoms with Gasteiger partial charge in [-0.2, -0.15) is 0 Å². The lowest BCUT2D eigenvalue weighted by Gasteiger charge is -2.15. The molecule has 1 aliphatic heterocycles. The van der Waals surface area contributed by atoms with Crippen LogP contribution >= 0.6 is 0 Å². The van der Waals surface area contributed by atoms with Crippen molar-refractivity contribution in [3.8, 4) is 5.75 Å². The number of rotatable bonds is 6. The van der Waals surface area contributed by atoms with Crippen molar-refractivity contribution in [2.24, 2.45) is 0 Å². The number of amides is 2. The molecule has 3 rings (SSSR count). The fourth-order valence-electron chi connectivity index (χ4n) is 2.86. The molecule has 2 amide bonds. The van der Waals surface area contributed by atoms with Gasteiger partial charge in [0.15, 0.2) is 0 Å². The lowest BCUT2D eigenvalue weighted by Crippen LogP contribution is -2.39. The average molecular weight is 324 g/mol. The van der Waals surface area contributed by atoms with E-state index in [1.54, 1.807) is 19.2 Å². The summed E-state index contributed by atoms with van der Waals surface area (Å²) in [6.45, 7) is 0.624. The number of anilines is 1. The van der Waals surface area contributed by atoms with Crippen LogP contribution in [0.5, 0.6) is 5.75 Å². The van der Waals surface area contributed by atoms with Crippen LogP contribution in [-0.2, 0) is 16.0 Å². The summed E-state index contributed by atoms with van der Waals surface area (Å²) < 4.78 is 5.20. The quantitative estimate of drug-likeness (QED) is 0.827. The molecule has 24 heavy (non-hydrogen) atoms. The summed E-state index contributed by atoms with van der Waals surface area (Å²) in [6, 6.07) is 16.4. The van der Waals surface area contributed by atoms with E-state index >= 15 is 0 Å². The highest BCUT2D eigenvalue weighted by molar-refractivity contribution is 6.22. The molecule has 1 heterocycles. The van der Waals surface area contributed by atoms with Crippen molar-refractivity contribution in [3.63, 3.8) is 0 Å². The fraction of sp³-hybridized carbons (Fsp3) is 0.263. The van der Waals surface area contributed by atoms with Crippen LogP contribution in [0.25, 0.3) is 0 Å². The minimum atomic E-state index is -0.455. The highest BCUT2D eigenvalue weighted by Crippen LogP contribution is 2.22. The minimum Gasteiger partial charge on any atom is -0.497 e. The van der Waals surface area contributed by atoms with Crippen LogP contribution in [0.1, 0.15) is 12.0 Å². The number of hydrogen-bond donors (Lipinski definition) is 1. The zero-order valence-corrected chi connectivity index (χ0v) is 13.6. The highest BCUT2D eigenvalue weighted by Gasteiger charge is 2.38. The second kappa shape index (κ2) is 7.27. The Morgan fingerprint density at radius 1 is 1.12 bits per heavy atom. The van der Waals surface area contributed by atoms with Gasteiger partial charge in [-0.05, 0) is 42.8 Å². The Balaban J connectivity index is 1.58. The number of nitrogens with one attached hydrogen (secondary N) is 1. The van der Waals surface area contributed by atoms with E-state index in [-0.39, 0.29) is 18.2 Å². The number of ether oxygens (including phenoxy) is 1. The summed E-state index contributed by atoms with van der Waals surface area (Å²) in [7, 11) is 1.64. The zero-order valence-electron chi connectivity index (χ0n) is 13.6. The lowest BCUT2D eigenvalue weighted by atomic mass is 10.1. The molecule has 1 aliphatic rings. The van der Waals surface area contributed by atoms with E-state index < -0.39 is 6.04 Å². The highest BCUT2D eigenvalue weighted by atomic mass is 16.5. The number of carbonyl (C=O) groups excluding carboxylic acids is 2. The van der Waals surface area contributed by atoms with E-state index in [0.29, 0.717) is 12.2 Å². The molecular formula is C19H20N2O3. The topological polar surface area (TPSA) is 58.6 Å². The second-order valence-corrected chi connectivity index (χ2v) is 5.72. The van der Waals surface area contributed by atoms with Crippen molar-refractivity contribution >= 4 is 17.5 Å². The van der Waals surface area contributed by atoms with Crippen LogP contribution in [-0.4, -0.2) is 31.5 Å². The zero-order chi connectivity index (χ0) is 16.9. The van der Waals surface area contributed by atoms with Gasteiger partial charge in [0, 0.05) is 0 Å². The predicted molar refractivity (Wildman–Crippen MR) is 92.0 cm³/mol. The Morgan fingerprint density at radius 2 is 1.92 bits per heavy atom. The van der Waals surface area contributed by atoms with Crippen LogP contribution in [0.3, 0.4) is 0 Å². The molecule has 0 bridgehead atoms. The Morgan fingerprint density at radius 3 is 2.67 bits per heavy atom. The average Bonchev–Trinajstić information content (AvgIpc) is 2.89. The van der Waals surface area contributed by atoms with Crippen LogP contribution in [0.4, 0.5) is 5.69 Å². The number of nitrogens with zero attached hydrogens (tertiary/aromatic N) is 1. The third-order valence-corrected chi connectivity index (χ3v) is 4.10. The summed E-state index contributed by atoms with van der Waals surface area (Å²) >= 11 is 0. The molecule has 2 aromatic rings. The van der Waals surface area contributed by atoms with Gasteiger partial charge in [-0.15, -0.1) is 0 Å². The van der Waals surface area contributed by atoms with Gasteiger partial charge in [0.1, 0.15) is 5.75 Å². The van der Waals surface area contributed by atoms with Crippen molar-refractivity contribution in [1.82, 2.24) is 5.32 Å². The Kier molecular flexibility index (Phi) is 4.91. The molecule has 0 saturated carbocycles. The van der Waals surface area contributed by atoms with Gasteiger partial charge < -0.3 is 10.1 Å². The Bertz CT molecular complexity index is 730. The van der Waals surface area contributed by atoms with Gasteiger partial charge in [0.25, 0.3) is 5.91 Å². The van der Waals surface area contributed by atoms with Crippen LogP contribution in [0, 0.1) is 0 Å². The molecule has 124 valence electrons. The lowest BCUT2D eigenvalue weighted by molar-refractivity contribution is -0.121. The normalized spacial score (nSPS) is 17.4. The van der Waals surface area contributed by atoms with Gasteiger partial charge in [0.05, 0.1) is 25.3 Å². The number of imide groups is 1. The van der Waals surface area contributed by atoms with E-state index in [1.807, 2.05) is 42.5 Å². The van der Waals surface area contributed by atoms with Crippen molar-refractivity contribution in [1.29, 1.82) is 0 Å². The number of carbonyl (C=O) groups is 2. The molecule has 1 saturated heterocycles. The molecule has 2 aromatic carbocycles. The van der Waals surface area contributed by atoms with E-state index in [4.69, 9.17) is 4.74 Å². The summed E-state index contributed by atoms with van der Waals surface area (Å²) in [5, 5.41) is 3.19. The largest absolute Gasteiger partial charge is 0.497 e. The van der Waals surface area contributed by atoms with Gasteiger partial charge in [-0.3, -0.25) is 9.59 Å². The monoisotopic (exact) mass is 324 g/mol. The summed E-state index contributed by atoms with van der Waals surface area (Å²) in [4.78, 5) is 25.9. The molecule has 5 heteroatoms. The molecule has 1 atom stereocenters. The molecule has 5 nitrogen and oxygen atoms in total. The van der Waals surface area contributed by atoms with Crippen molar-refractivity contribution in [3.05, 3.63) is 60.2 Å². The first-order chi connectivity index (χ1) is 11.7. The molecule has 1 N–H and O–H groups in total. The maximum atomic E-state index is 12.5. The Hall–Kier alpha value is -2.66. The maximum absolute atomic E-state index is 12.5. The Labute approximate surface area is 141 Å². The first kappa shape index (κ1) is 16.2. The third kappa shape index (κ3) is 3.46. The minimum absolute atomic E-state index is 0.162. The van der Waals surface area contributed by atoms with E-state index in [2.05, 4.69) is 5.32 Å². The maximum Gasteiger partial charge on any atom is 0.251 e. The van der Waals surface area contributed by atoms with Crippen LogP contribution < -0.4 is 15.0 Å². The molecule has 0 aliphatic carbocycles. The molecular weight excluding hydrogens is 304 g/mol. The standard InChI is InChI=1S/C19H20N2O3/c1-24-16-9-5-6-14(12-16)10-11-20-17-13-18(22)21(19(17)23)15-7-3-2-4-8-15/h2-9,12,17,20H,10-11,13H2,1H3/t17-/m0/s1. The van der Waals surface area contributed by atoms with Crippen LogP contribution in [0.2, 0.25) is 0 Å². The van der Waals surface area contributed by atoms with E-state index in [9.17, 15) is 9.59 Å². The first-order valence-corrected chi connectivity index (χ1v) is 7.97.